The summed E-state index contributed by atoms with van der Waals surface area (Å²) < 4.78 is 7.16. The van der Waals surface area contributed by atoms with Gasteiger partial charge < -0.3 is 10.1 Å². The van der Waals surface area contributed by atoms with Crippen molar-refractivity contribution >= 4 is 5.91 Å². The van der Waals surface area contributed by atoms with Crippen molar-refractivity contribution in [2.45, 2.75) is 82.4 Å². The van der Waals surface area contributed by atoms with E-state index in [1.807, 2.05) is 0 Å². The highest BCUT2D eigenvalue weighted by molar-refractivity contribution is 5.81. The number of ether oxygens (including phenoxy) is 1. The number of carbonyl (C=O) groups excluding carboxylic acids is 1. The molecule has 6 heteroatoms. The van der Waals surface area contributed by atoms with Crippen LogP contribution in [0.1, 0.15) is 68.7 Å². The molecule has 1 atom stereocenters. The van der Waals surface area contributed by atoms with Crippen LogP contribution in [0.4, 0.5) is 0 Å². The van der Waals surface area contributed by atoms with E-state index < -0.39 is 0 Å². The minimum atomic E-state index is -0.261. The van der Waals surface area contributed by atoms with E-state index in [-0.39, 0.29) is 29.7 Å². The lowest BCUT2D eigenvalue weighted by Crippen LogP contribution is -2.43. The Morgan fingerprint density at radius 1 is 1.12 bits per heavy atom. The molecule has 2 aliphatic carbocycles. The molecule has 0 bridgehead atoms. The molecule has 1 aliphatic heterocycles. The minimum absolute atomic E-state index is 0.0324. The van der Waals surface area contributed by atoms with Crippen LogP contribution in [0.5, 0.6) is 0 Å². The van der Waals surface area contributed by atoms with Crippen LogP contribution < -0.4 is 10.9 Å². The highest BCUT2D eigenvalue weighted by Crippen LogP contribution is 2.28. The maximum atomic E-state index is 12.4. The molecule has 1 N–H and O–H groups in total. The van der Waals surface area contributed by atoms with Crippen LogP contribution in [0.25, 0.3) is 0 Å². The highest BCUT2D eigenvalue weighted by atomic mass is 16.5. The Kier molecular flexibility index (Phi) is 4.88. The number of carbonyl (C=O) groups is 1. The Morgan fingerprint density at radius 3 is 2.68 bits per heavy atom. The lowest BCUT2D eigenvalue weighted by atomic mass is 9.90. The van der Waals surface area contributed by atoms with Crippen LogP contribution >= 0.6 is 0 Å². The summed E-state index contributed by atoms with van der Waals surface area (Å²) in [5.41, 5.74) is 2.29. The van der Waals surface area contributed by atoms with Crippen molar-refractivity contribution in [2.24, 2.45) is 0 Å². The van der Waals surface area contributed by atoms with Gasteiger partial charge in [0.25, 0.3) is 5.56 Å². The molecule has 1 saturated carbocycles. The van der Waals surface area contributed by atoms with E-state index in [4.69, 9.17) is 4.74 Å². The van der Waals surface area contributed by atoms with Gasteiger partial charge in [0.15, 0.2) is 0 Å². The van der Waals surface area contributed by atoms with E-state index in [0.717, 1.165) is 69.0 Å². The summed E-state index contributed by atoms with van der Waals surface area (Å²) in [5.74, 6) is 0.0324. The number of aromatic nitrogens is 2. The summed E-state index contributed by atoms with van der Waals surface area (Å²) in [6, 6.07) is 2.16. The number of amides is 1. The van der Waals surface area contributed by atoms with Crippen LogP contribution in [0.3, 0.4) is 0 Å². The maximum absolute atomic E-state index is 12.4. The van der Waals surface area contributed by atoms with Crippen LogP contribution in [-0.2, 0) is 22.4 Å². The molecule has 136 valence electrons. The van der Waals surface area contributed by atoms with E-state index in [2.05, 4.69) is 10.4 Å². The molecule has 25 heavy (non-hydrogen) atoms. The average molecular weight is 345 g/mol. The second-order valence-electron chi connectivity index (χ2n) is 7.62. The Hall–Kier alpha value is -1.69. The maximum Gasteiger partial charge on any atom is 0.267 e. The van der Waals surface area contributed by atoms with Gasteiger partial charge in [-0.2, -0.15) is 5.10 Å². The molecule has 1 unspecified atom stereocenters. The Morgan fingerprint density at radius 2 is 1.92 bits per heavy atom. The highest BCUT2D eigenvalue weighted by Gasteiger charge is 2.29. The summed E-state index contributed by atoms with van der Waals surface area (Å²) in [6.07, 6.45) is 9.42. The van der Waals surface area contributed by atoms with Crippen LogP contribution in [0.2, 0.25) is 0 Å². The summed E-state index contributed by atoms with van der Waals surface area (Å²) >= 11 is 0. The minimum Gasteiger partial charge on any atom is -0.368 e. The largest absolute Gasteiger partial charge is 0.368 e. The van der Waals surface area contributed by atoms with Gasteiger partial charge >= 0.3 is 0 Å². The molecular weight excluding hydrogens is 318 g/mol. The Labute approximate surface area is 147 Å². The quantitative estimate of drug-likeness (QED) is 0.908. The van der Waals surface area contributed by atoms with Crippen molar-refractivity contribution in [3.8, 4) is 0 Å². The third kappa shape index (κ3) is 3.64. The SMILES string of the molecule is O=C(NC1CCC(n2nc3c(cc2=O)CCCC3)CC1)C1CCCO1. The standard InChI is InChI=1S/C19H27N3O3/c23-18-12-13-4-1-2-5-16(13)21-22(18)15-9-7-14(8-10-15)20-19(24)17-6-3-11-25-17/h12,14-15,17H,1-11H2,(H,20,24). The first kappa shape index (κ1) is 16.8. The van der Waals surface area contributed by atoms with Gasteiger partial charge in [-0.25, -0.2) is 4.68 Å². The van der Waals surface area contributed by atoms with Gasteiger partial charge in [-0.15, -0.1) is 0 Å². The fourth-order valence-electron chi connectivity index (χ4n) is 4.38. The number of aryl methyl sites for hydroxylation is 2. The summed E-state index contributed by atoms with van der Waals surface area (Å²) in [4.78, 5) is 24.6. The van der Waals surface area contributed by atoms with Crippen molar-refractivity contribution in [2.75, 3.05) is 6.61 Å². The molecule has 1 aromatic rings. The van der Waals surface area contributed by atoms with Gasteiger partial charge in [0, 0.05) is 18.7 Å². The van der Waals surface area contributed by atoms with Gasteiger partial charge in [-0.05, 0) is 69.8 Å². The van der Waals surface area contributed by atoms with Crippen molar-refractivity contribution in [1.29, 1.82) is 0 Å². The molecule has 0 radical (unpaired) electrons. The topological polar surface area (TPSA) is 73.2 Å². The summed E-state index contributed by atoms with van der Waals surface area (Å²) in [7, 11) is 0. The fourth-order valence-corrected chi connectivity index (χ4v) is 4.38. The molecule has 6 nitrogen and oxygen atoms in total. The van der Waals surface area contributed by atoms with Gasteiger partial charge in [0.2, 0.25) is 5.91 Å². The molecule has 2 fully saturated rings. The first-order chi connectivity index (χ1) is 12.2. The zero-order valence-corrected chi connectivity index (χ0v) is 14.7. The molecule has 1 saturated heterocycles. The van der Waals surface area contributed by atoms with Crippen molar-refractivity contribution in [3.05, 3.63) is 27.7 Å². The number of nitrogens with one attached hydrogen (secondary N) is 1. The molecule has 1 aromatic heterocycles. The summed E-state index contributed by atoms with van der Waals surface area (Å²) in [5, 5.41) is 7.81. The zero-order valence-electron chi connectivity index (χ0n) is 14.7. The molecule has 0 aromatic carbocycles. The smallest absolute Gasteiger partial charge is 0.267 e. The number of fused-ring (bicyclic) bond motifs is 1. The number of nitrogens with zero attached hydrogens (tertiary/aromatic N) is 2. The van der Waals surface area contributed by atoms with Gasteiger partial charge in [-0.1, -0.05) is 0 Å². The third-order valence-electron chi connectivity index (χ3n) is 5.84. The molecule has 2 heterocycles. The van der Waals surface area contributed by atoms with E-state index in [0.29, 0.717) is 6.61 Å². The second-order valence-corrected chi connectivity index (χ2v) is 7.62. The predicted molar refractivity (Wildman–Crippen MR) is 93.5 cm³/mol. The van der Waals surface area contributed by atoms with E-state index in [1.165, 1.54) is 6.42 Å². The fraction of sp³-hybridized carbons (Fsp3) is 0.737. The van der Waals surface area contributed by atoms with Crippen molar-refractivity contribution in [3.63, 3.8) is 0 Å². The Bertz CT molecular complexity index is 686. The van der Waals surface area contributed by atoms with Crippen LogP contribution in [-0.4, -0.2) is 34.4 Å². The molecule has 1 amide bonds. The monoisotopic (exact) mass is 345 g/mol. The lowest BCUT2D eigenvalue weighted by Gasteiger charge is -2.30. The van der Waals surface area contributed by atoms with E-state index in [1.54, 1.807) is 10.7 Å². The first-order valence-corrected chi connectivity index (χ1v) is 9.74. The normalized spacial score (nSPS) is 29.2. The number of hydrogen-bond donors (Lipinski definition) is 1. The van der Waals surface area contributed by atoms with E-state index >= 15 is 0 Å². The van der Waals surface area contributed by atoms with Crippen molar-refractivity contribution < 1.29 is 9.53 Å². The van der Waals surface area contributed by atoms with Gasteiger partial charge in [-0.3, -0.25) is 9.59 Å². The second kappa shape index (κ2) is 7.28. The van der Waals surface area contributed by atoms with E-state index in [9.17, 15) is 9.59 Å². The van der Waals surface area contributed by atoms with Crippen molar-refractivity contribution in [1.82, 2.24) is 15.1 Å². The van der Waals surface area contributed by atoms with Crippen LogP contribution in [0.15, 0.2) is 10.9 Å². The first-order valence-electron chi connectivity index (χ1n) is 9.74. The zero-order chi connectivity index (χ0) is 17.2. The third-order valence-corrected chi connectivity index (χ3v) is 5.84. The Balaban J connectivity index is 1.37. The van der Waals surface area contributed by atoms with Crippen LogP contribution in [0, 0.1) is 0 Å². The average Bonchev–Trinajstić information content (AvgIpc) is 3.17. The number of rotatable bonds is 3. The van der Waals surface area contributed by atoms with Gasteiger partial charge in [0.05, 0.1) is 11.7 Å². The summed E-state index contributed by atoms with van der Waals surface area (Å²) in [6.45, 7) is 0.692. The molecule has 4 rings (SSSR count). The molecule has 0 spiro atoms. The lowest BCUT2D eigenvalue weighted by molar-refractivity contribution is -0.131. The predicted octanol–water partition coefficient (Wildman–Crippen LogP) is 1.90. The molecular formula is C19H27N3O3. The molecule has 3 aliphatic rings. The van der Waals surface area contributed by atoms with Gasteiger partial charge in [0.1, 0.15) is 6.10 Å². The number of hydrogen-bond acceptors (Lipinski definition) is 4.